The number of nitrogens with zero attached hydrogens (tertiary/aromatic N) is 2. The van der Waals surface area contributed by atoms with Crippen molar-refractivity contribution in [3.63, 3.8) is 0 Å². The Morgan fingerprint density at radius 2 is 0.983 bits per heavy atom. The summed E-state index contributed by atoms with van der Waals surface area (Å²) in [5.41, 5.74) is 11.7. The minimum Gasteiger partial charge on any atom is -0.310 e. The minimum absolute atomic E-state index is 1.10. The summed E-state index contributed by atoms with van der Waals surface area (Å²) in [6.07, 6.45) is 0. The molecule has 2 aromatic heterocycles. The first kappa shape index (κ1) is 33.7. The Labute approximate surface area is 346 Å². The molecule has 0 bridgehead atoms. The van der Waals surface area contributed by atoms with Crippen LogP contribution in [-0.2, 0) is 0 Å². The van der Waals surface area contributed by atoms with Gasteiger partial charge in [0, 0.05) is 59.3 Å². The molecular weight excluding hydrogens is 733 g/mol. The van der Waals surface area contributed by atoms with Crippen molar-refractivity contribution in [2.24, 2.45) is 0 Å². The van der Waals surface area contributed by atoms with Gasteiger partial charge in [-0.15, -0.1) is 11.3 Å². The van der Waals surface area contributed by atoms with E-state index in [0.717, 1.165) is 28.3 Å². The van der Waals surface area contributed by atoms with Gasteiger partial charge in [-0.2, -0.15) is 0 Å². The van der Waals surface area contributed by atoms with Gasteiger partial charge in [-0.1, -0.05) is 158 Å². The van der Waals surface area contributed by atoms with Crippen LogP contribution in [0.4, 0.5) is 17.1 Å². The van der Waals surface area contributed by atoms with Gasteiger partial charge in [0.25, 0.3) is 0 Å². The second kappa shape index (κ2) is 13.6. The fourth-order valence-corrected chi connectivity index (χ4v) is 10.4. The summed E-state index contributed by atoms with van der Waals surface area (Å²) < 4.78 is 5.06. The molecule has 10 aromatic carbocycles. The van der Waals surface area contributed by atoms with E-state index in [-0.39, 0.29) is 0 Å². The molecule has 0 fully saturated rings. The summed E-state index contributed by atoms with van der Waals surface area (Å²) in [5.74, 6) is 0. The molecule has 2 heterocycles. The molecule has 2 nitrogen and oxygen atoms in total. The fraction of sp³-hybridized carbons (Fsp3) is 0. The molecule has 0 aliphatic heterocycles. The quantitative estimate of drug-likeness (QED) is 0.153. The van der Waals surface area contributed by atoms with Crippen LogP contribution in [-0.4, -0.2) is 4.57 Å². The Morgan fingerprint density at radius 3 is 1.85 bits per heavy atom. The molecule has 0 unspecified atom stereocenters. The lowest BCUT2D eigenvalue weighted by molar-refractivity contribution is 1.18. The molecule has 0 spiro atoms. The maximum absolute atomic E-state index is 2.48. The lowest BCUT2D eigenvalue weighted by Gasteiger charge is -2.26. The maximum atomic E-state index is 2.48. The second-order valence-electron chi connectivity index (χ2n) is 15.3. The van der Waals surface area contributed by atoms with Gasteiger partial charge in [0.1, 0.15) is 0 Å². The second-order valence-corrected chi connectivity index (χ2v) is 16.4. The van der Waals surface area contributed by atoms with Crippen LogP contribution in [0.15, 0.2) is 218 Å². The highest BCUT2D eigenvalue weighted by Crippen LogP contribution is 2.45. The number of hydrogen-bond donors (Lipinski definition) is 0. The number of hydrogen-bond acceptors (Lipinski definition) is 2. The van der Waals surface area contributed by atoms with Crippen LogP contribution in [0.5, 0.6) is 0 Å². The van der Waals surface area contributed by atoms with Gasteiger partial charge < -0.3 is 9.47 Å². The van der Waals surface area contributed by atoms with Crippen LogP contribution in [0.3, 0.4) is 0 Å². The normalized spacial score (nSPS) is 11.7. The van der Waals surface area contributed by atoms with Crippen molar-refractivity contribution in [1.82, 2.24) is 4.57 Å². The van der Waals surface area contributed by atoms with E-state index < -0.39 is 0 Å². The SMILES string of the molecule is c1ccc(-c2ccc(N(c3cccc(-c4cccc5c6c7c(ccc8ccccc87)ccc6n(-c6ccccc6)c45)c3)c3ccc4c(c3)sc3ccccc34)cc2)cc1. The molecule has 0 radical (unpaired) electrons. The Kier molecular flexibility index (Phi) is 7.75. The van der Waals surface area contributed by atoms with Gasteiger partial charge in [0.15, 0.2) is 0 Å². The lowest BCUT2D eigenvalue weighted by Crippen LogP contribution is -2.10. The Balaban J connectivity index is 1.09. The molecule has 12 aromatic rings. The zero-order valence-corrected chi connectivity index (χ0v) is 32.9. The van der Waals surface area contributed by atoms with Crippen LogP contribution >= 0.6 is 11.3 Å². The third kappa shape index (κ3) is 5.47. The fourth-order valence-electron chi connectivity index (χ4n) is 9.28. The van der Waals surface area contributed by atoms with E-state index in [1.165, 1.54) is 80.2 Å². The standard InChI is InChI=1S/C56H36N2S/c1-3-13-37(14-4-1)38-27-30-43(31-28-38)57(45-32-33-49-48-21-9-10-24-52(48)59-53(49)36-45)44-19-11-16-41(35-44)47-22-12-23-50-55-51(58(56(47)50)42-17-5-2-6-18-42)34-29-40-26-25-39-15-7-8-20-46(39)54(40)55/h1-36H. The third-order valence-corrected chi connectivity index (χ3v) is 13.1. The highest BCUT2D eigenvalue weighted by molar-refractivity contribution is 7.25. The van der Waals surface area contributed by atoms with Gasteiger partial charge in [-0.3, -0.25) is 0 Å². The molecule has 0 aliphatic rings. The first-order valence-electron chi connectivity index (χ1n) is 20.2. The maximum Gasteiger partial charge on any atom is 0.0619 e. The molecule has 0 saturated heterocycles. The Hall–Kier alpha value is -7.46. The number of benzene rings is 10. The van der Waals surface area contributed by atoms with Gasteiger partial charge >= 0.3 is 0 Å². The van der Waals surface area contributed by atoms with E-state index in [4.69, 9.17) is 0 Å². The van der Waals surface area contributed by atoms with Crippen LogP contribution < -0.4 is 4.90 Å². The Morgan fingerprint density at radius 1 is 0.356 bits per heavy atom. The van der Waals surface area contributed by atoms with Crippen molar-refractivity contribution in [2.75, 3.05) is 4.90 Å². The zero-order valence-electron chi connectivity index (χ0n) is 32.1. The molecular formula is C56H36N2S. The number of aromatic nitrogens is 1. The van der Waals surface area contributed by atoms with E-state index in [0.29, 0.717) is 0 Å². The number of thiophene rings is 1. The number of anilines is 3. The summed E-state index contributed by atoms with van der Waals surface area (Å²) in [7, 11) is 0. The van der Waals surface area contributed by atoms with Crippen LogP contribution in [0.25, 0.3) is 91.5 Å². The minimum atomic E-state index is 1.10. The summed E-state index contributed by atoms with van der Waals surface area (Å²) in [5, 5.41) is 10.2. The monoisotopic (exact) mass is 768 g/mol. The number of rotatable bonds is 6. The number of fused-ring (bicyclic) bond motifs is 10. The van der Waals surface area contributed by atoms with Gasteiger partial charge in [0.2, 0.25) is 0 Å². The van der Waals surface area contributed by atoms with Crippen molar-refractivity contribution in [1.29, 1.82) is 0 Å². The summed E-state index contributed by atoms with van der Waals surface area (Å²) >= 11 is 1.86. The zero-order chi connectivity index (χ0) is 38.9. The van der Waals surface area contributed by atoms with E-state index in [9.17, 15) is 0 Å². The van der Waals surface area contributed by atoms with E-state index in [1.807, 2.05) is 11.3 Å². The first-order chi connectivity index (χ1) is 29.3. The van der Waals surface area contributed by atoms with Gasteiger partial charge in [0.05, 0.1) is 11.0 Å². The molecule has 0 saturated carbocycles. The van der Waals surface area contributed by atoms with Crippen molar-refractivity contribution >= 4 is 91.9 Å². The van der Waals surface area contributed by atoms with E-state index >= 15 is 0 Å². The van der Waals surface area contributed by atoms with Gasteiger partial charge in [-0.25, -0.2) is 0 Å². The average Bonchev–Trinajstić information content (AvgIpc) is 3.85. The summed E-state index contributed by atoms with van der Waals surface area (Å²) in [6, 6.07) is 80.0. The molecule has 59 heavy (non-hydrogen) atoms. The summed E-state index contributed by atoms with van der Waals surface area (Å²) in [4.78, 5) is 2.41. The van der Waals surface area contributed by atoms with Gasteiger partial charge in [-0.05, 0) is 98.9 Å². The number of para-hydroxylation sites is 2. The van der Waals surface area contributed by atoms with Crippen LogP contribution in [0.1, 0.15) is 0 Å². The average molecular weight is 769 g/mol. The summed E-state index contributed by atoms with van der Waals surface area (Å²) in [6.45, 7) is 0. The van der Waals surface area contributed by atoms with Crippen molar-refractivity contribution in [2.45, 2.75) is 0 Å². The molecule has 0 amide bonds. The third-order valence-electron chi connectivity index (χ3n) is 11.9. The van der Waals surface area contributed by atoms with Crippen LogP contribution in [0, 0.1) is 0 Å². The van der Waals surface area contributed by atoms with Crippen LogP contribution in [0.2, 0.25) is 0 Å². The smallest absolute Gasteiger partial charge is 0.0619 e. The highest BCUT2D eigenvalue weighted by atomic mass is 32.1. The Bertz CT molecular complexity index is 3540. The molecule has 276 valence electrons. The van der Waals surface area contributed by atoms with Crippen molar-refractivity contribution in [3.05, 3.63) is 218 Å². The van der Waals surface area contributed by atoms with Crippen molar-refractivity contribution < 1.29 is 0 Å². The predicted octanol–water partition coefficient (Wildman–Crippen LogP) is 16.3. The molecule has 0 atom stereocenters. The molecule has 12 rings (SSSR count). The van der Waals surface area contributed by atoms with E-state index in [1.54, 1.807) is 0 Å². The topological polar surface area (TPSA) is 8.17 Å². The largest absolute Gasteiger partial charge is 0.310 e. The van der Waals surface area contributed by atoms with E-state index in [2.05, 4.69) is 228 Å². The first-order valence-corrected chi connectivity index (χ1v) is 21.0. The molecule has 3 heteroatoms. The predicted molar refractivity (Wildman–Crippen MR) is 254 cm³/mol. The molecule has 0 aliphatic carbocycles. The lowest BCUT2D eigenvalue weighted by atomic mass is 9.96. The highest BCUT2D eigenvalue weighted by Gasteiger charge is 2.21. The molecule has 0 N–H and O–H groups in total. The van der Waals surface area contributed by atoms with Crippen molar-refractivity contribution in [3.8, 4) is 27.9 Å².